The molecule has 45 heavy (non-hydrogen) atoms. The van der Waals surface area contributed by atoms with Gasteiger partial charge >= 0.3 is 5.69 Å². The molecule has 224 valence electrons. The van der Waals surface area contributed by atoms with Gasteiger partial charge in [0, 0.05) is 14.1 Å². The lowest BCUT2D eigenvalue weighted by Gasteiger charge is -2.29. The summed E-state index contributed by atoms with van der Waals surface area (Å²) in [6.07, 6.45) is 1.04. The number of halogens is 1. The third-order valence-corrected chi connectivity index (χ3v) is 7.89. The van der Waals surface area contributed by atoms with Crippen LogP contribution in [0, 0.1) is 0 Å². The van der Waals surface area contributed by atoms with Crippen molar-refractivity contribution >= 4 is 63.5 Å². The summed E-state index contributed by atoms with van der Waals surface area (Å²) in [4.78, 5) is 68.3. The zero-order valence-corrected chi connectivity index (χ0v) is 25.3. The molecule has 0 spiro atoms. The zero-order valence-electron chi connectivity index (χ0n) is 23.7. The second kappa shape index (κ2) is 11.5. The maximum atomic E-state index is 14.1. The first kappa shape index (κ1) is 29.5. The molecule has 5 aromatic rings. The summed E-state index contributed by atoms with van der Waals surface area (Å²) in [6.45, 7) is 0. The number of benzene rings is 3. The highest BCUT2D eigenvalue weighted by Gasteiger charge is 2.35. The summed E-state index contributed by atoms with van der Waals surface area (Å²) in [6, 6.07) is 23.9. The summed E-state index contributed by atoms with van der Waals surface area (Å²) >= 11 is 12.0. The highest BCUT2D eigenvalue weighted by atomic mass is 35.5. The highest BCUT2D eigenvalue weighted by Crippen LogP contribution is 2.29. The van der Waals surface area contributed by atoms with Crippen LogP contribution in [0.2, 0.25) is 5.02 Å². The highest BCUT2D eigenvalue weighted by molar-refractivity contribution is 7.80. The number of rotatable bonds is 5. The summed E-state index contributed by atoms with van der Waals surface area (Å²) < 4.78 is 8.96. The number of thiocarbonyl (C=S) groups is 1. The van der Waals surface area contributed by atoms with E-state index in [2.05, 4.69) is 5.32 Å². The number of hydrogen-bond donors (Lipinski definition) is 1. The van der Waals surface area contributed by atoms with Gasteiger partial charge in [0.25, 0.3) is 22.9 Å². The lowest BCUT2D eigenvalue weighted by Crippen LogP contribution is -2.54. The van der Waals surface area contributed by atoms with Crippen molar-refractivity contribution in [1.29, 1.82) is 0 Å². The minimum Gasteiger partial charge on any atom is -0.457 e. The molecule has 1 fully saturated rings. The first-order chi connectivity index (χ1) is 21.6. The van der Waals surface area contributed by atoms with Crippen LogP contribution in [0.1, 0.15) is 5.56 Å². The molecular weight excluding hydrogens is 618 g/mol. The van der Waals surface area contributed by atoms with Crippen LogP contribution in [-0.4, -0.2) is 30.6 Å². The monoisotopic (exact) mass is 639 g/mol. The number of pyridine rings is 1. The number of amides is 2. The molecule has 13 heteroatoms. The average Bonchev–Trinajstić information content (AvgIpc) is 3.03. The van der Waals surface area contributed by atoms with Gasteiger partial charge in [-0.3, -0.25) is 43.1 Å². The molecule has 11 nitrogen and oxygen atoms in total. The molecule has 0 aliphatic carbocycles. The molecule has 2 amide bonds. The van der Waals surface area contributed by atoms with Crippen molar-refractivity contribution in [3.63, 3.8) is 0 Å². The molecule has 1 aliphatic heterocycles. The van der Waals surface area contributed by atoms with Crippen LogP contribution < -0.4 is 31.8 Å². The van der Waals surface area contributed by atoms with Gasteiger partial charge in [-0.1, -0.05) is 48.0 Å². The number of carbonyl (C=O) groups is 2. The second-order valence-electron chi connectivity index (χ2n) is 9.98. The van der Waals surface area contributed by atoms with Crippen LogP contribution in [-0.2, 0) is 23.7 Å². The predicted octanol–water partition coefficient (Wildman–Crippen LogP) is 3.67. The molecule has 3 heterocycles. The van der Waals surface area contributed by atoms with Crippen molar-refractivity contribution in [3.05, 3.63) is 132 Å². The molecule has 0 radical (unpaired) electrons. The van der Waals surface area contributed by atoms with Gasteiger partial charge in [-0.05, 0) is 66.8 Å². The van der Waals surface area contributed by atoms with Gasteiger partial charge in [-0.25, -0.2) is 4.79 Å². The maximum Gasteiger partial charge on any atom is 0.332 e. The van der Waals surface area contributed by atoms with Crippen molar-refractivity contribution in [2.45, 2.75) is 0 Å². The number of aromatic nitrogens is 3. The van der Waals surface area contributed by atoms with Gasteiger partial charge in [-0.15, -0.1) is 0 Å². The molecule has 1 aliphatic rings. The van der Waals surface area contributed by atoms with E-state index in [4.69, 9.17) is 28.6 Å². The minimum absolute atomic E-state index is 0.0495. The smallest absolute Gasteiger partial charge is 0.332 e. The molecule has 6 rings (SSSR count). The van der Waals surface area contributed by atoms with Crippen LogP contribution >= 0.6 is 23.8 Å². The number of aryl methyl sites for hydroxylation is 1. The lowest BCUT2D eigenvalue weighted by atomic mass is 10.1. The molecular formula is C32H22ClN5O6S. The third kappa shape index (κ3) is 5.05. The fourth-order valence-corrected chi connectivity index (χ4v) is 5.58. The van der Waals surface area contributed by atoms with Gasteiger partial charge in [0.05, 0.1) is 22.0 Å². The fraction of sp³-hybridized carbons (Fsp3) is 0.0625. The predicted molar refractivity (Wildman–Crippen MR) is 174 cm³/mol. The van der Waals surface area contributed by atoms with E-state index in [0.717, 1.165) is 24.7 Å². The Balaban J connectivity index is 1.50. The van der Waals surface area contributed by atoms with E-state index in [1.807, 2.05) is 18.2 Å². The van der Waals surface area contributed by atoms with Gasteiger partial charge < -0.3 is 4.74 Å². The molecule has 0 bridgehead atoms. The molecule has 1 N–H and O–H groups in total. The second-order valence-corrected chi connectivity index (χ2v) is 10.7. The number of para-hydroxylation sites is 2. The summed E-state index contributed by atoms with van der Waals surface area (Å²) in [7, 11) is 2.69. The number of fused-ring (bicyclic) bond motifs is 1. The zero-order chi connectivity index (χ0) is 32.0. The summed E-state index contributed by atoms with van der Waals surface area (Å²) in [5.41, 5.74) is -2.36. The topological polar surface area (TPSA) is 125 Å². The first-order valence-electron chi connectivity index (χ1n) is 13.4. The normalized spacial score (nSPS) is 14.2. The van der Waals surface area contributed by atoms with Crippen molar-refractivity contribution in [1.82, 2.24) is 19.0 Å². The van der Waals surface area contributed by atoms with Crippen LogP contribution in [0.4, 0.5) is 5.69 Å². The van der Waals surface area contributed by atoms with E-state index in [-0.39, 0.29) is 26.7 Å². The summed E-state index contributed by atoms with van der Waals surface area (Å²) in [5.74, 6) is -0.563. The Morgan fingerprint density at radius 3 is 2.00 bits per heavy atom. The van der Waals surface area contributed by atoms with E-state index in [1.54, 1.807) is 66.7 Å². The van der Waals surface area contributed by atoms with Crippen LogP contribution in [0.3, 0.4) is 0 Å². The Labute approximate surface area is 264 Å². The SMILES string of the molecule is Cn1c(=O)c2c(Cl)c(/C=C3\C(=O)NC(=S)N(c4ccc(Oc5ccccc5)cc4)C3=O)c(=O)n(-c3ccccc3)c2n(C)c1=O. The van der Waals surface area contributed by atoms with E-state index in [9.17, 15) is 24.0 Å². The number of nitrogens with one attached hydrogen (secondary N) is 1. The Hall–Kier alpha value is -5.59. The van der Waals surface area contributed by atoms with Crippen LogP contribution in [0.15, 0.2) is 105 Å². The van der Waals surface area contributed by atoms with Gasteiger partial charge in [-0.2, -0.15) is 0 Å². The Bertz CT molecular complexity index is 2260. The Morgan fingerprint density at radius 2 is 1.36 bits per heavy atom. The fourth-order valence-electron chi connectivity index (χ4n) is 5.00. The van der Waals surface area contributed by atoms with E-state index in [1.165, 1.54) is 14.1 Å². The van der Waals surface area contributed by atoms with Crippen LogP contribution in [0.25, 0.3) is 22.8 Å². The van der Waals surface area contributed by atoms with E-state index >= 15 is 0 Å². The standard InChI is InChI=1S/C32H22ClN5O6S/c1-35-27-24(30(42)36(2)32(35)43)25(33)22(28(40)37(27)18-9-5-3-6-10-18)17-23-26(39)34-31(45)38(29(23)41)19-13-15-21(16-14-19)44-20-11-7-4-8-12-20/h3-17H,1-2H3,(H,34,39,45)/b23-17+. The molecule has 2 aromatic heterocycles. The largest absolute Gasteiger partial charge is 0.457 e. The van der Waals surface area contributed by atoms with E-state index < -0.39 is 34.2 Å². The van der Waals surface area contributed by atoms with Crippen molar-refractivity contribution in [2.24, 2.45) is 14.1 Å². The molecule has 3 aromatic carbocycles. The maximum absolute atomic E-state index is 14.1. The molecule has 0 unspecified atom stereocenters. The minimum atomic E-state index is -0.861. The number of ether oxygens (including phenoxy) is 1. The average molecular weight is 640 g/mol. The first-order valence-corrected chi connectivity index (χ1v) is 14.2. The third-order valence-electron chi connectivity index (χ3n) is 7.21. The van der Waals surface area contributed by atoms with E-state index in [0.29, 0.717) is 22.9 Å². The summed E-state index contributed by atoms with van der Waals surface area (Å²) in [5, 5.41) is 1.83. The lowest BCUT2D eigenvalue weighted by molar-refractivity contribution is -0.122. The van der Waals surface area contributed by atoms with Crippen LogP contribution in [0.5, 0.6) is 11.5 Å². The van der Waals surface area contributed by atoms with Crippen molar-refractivity contribution < 1.29 is 14.3 Å². The number of nitrogens with zero attached hydrogens (tertiary/aromatic N) is 4. The van der Waals surface area contributed by atoms with Gasteiger partial charge in [0.15, 0.2) is 5.11 Å². The van der Waals surface area contributed by atoms with Gasteiger partial charge in [0.1, 0.15) is 28.1 Å². The Kier molecular flexibility index (Phi) is 7.52. The van der Waals surface area contributed by atoms with Crippen molar-refractivity contribution in [3.8, 4) is 17.2 Å². The van der Waals surface area contributed by atoms with Crippen molar-refractivity contribution in [2.75, 3.05) is 4.90 Å². The quantitative estimate of drug-likeness (QED) is 0.177. The number of carbonyl (C=O) groups excluding carboxylic acids is 2. The molecule has 0 atom stereocenters. The Morgan fingerprint density at radius 1 is 0.756 bits per heavy atom. The van der Waals surface area contributed by atoms with Gasteiger partial charge in [0.2, 0.25) is 0 Å². The number of hydrogen-bond acceptors (Lipinski definition) is 7. The molecule has 0 saturated carbocycles. The number of anilines is 1. The molecule has 1 saturated heterocycles.